The SMILES string of the molecule is Cc1c(-c2cc(C(=O)O)c3cncc(C)c3n2)oc2ccccc12. The topological polar surface area (TPSA) is 76.2 Å². The van der Waals surface area contributed by atoms with Crippen molar-refractivity contribution in [1.29, 1.82) is 0 Å². The molecule has 0 saturated carbocycles. The maximum atomic E-state index is 11.7. The van der Waals surface area contributed by atoms with Crippen molar-refractivity contribution in [2.24, 2.45) is 0 Å². The smallest absolute Gasteiger partial charge is 0.336 e. The number of carbonyl (C=O) groups is 1. The van der Waals surface area contributed by atoms with Crippen molar-refractivity contribution in [1.82, 2.24) is 9.97 Å². The molecule has 0 spiro atoms. The van der Waals surface area contributed by atoms with E-state index >= 15 is 0 Å². The maximum absolute atomic E-state index is 11.7. The highest BCUT2D eigenvalue weighted by Crippen LogP contribution is 2.34. The van der Waals surface area contributed by atoms with E-state index in [4.69, 9.17) is 4.42 Å². The van der Waals surface area contributed by atoms with Gasteiger partial charge in [-0.15, -0.1) is 0 Å². The second kappa shape index (κ2) is 5.16. The predicted octanol–water partition coefficient (Wildman–Crippen LogP) is 4.36. The van der Waals surface area contributed by atoms with Gasteiger partial charge in [0.25, 0.3) is 0 Å². The number of furan rings is 1. The molecule has 1 N–H and O–H groups in total. The van der Waals surface area contributed by atoms with Crippen molar-refractivity contribution >= 4 is 27.8 Å². The van der Waals surface area contributed by atoms with E-state index in [-0.39, 0.29) is 5.56 Å². The standard InChI is InChI=1S/C19H14N2O3/c1-10-8-20-9-14-13(19(22)23)7-15(21-17(10)14)18-11(2)12-5-3-4-6-16(12)24-18/h3-9H,1-2H3,(H,22,23). The normalized spacial score (nSPS) is 11.2. The summed E-state index contributed by atoms with van der Waals surface area (Å²) >= 11 is 0. The Labute approximate surface area is 137 Å². The molecule has 4 rings (SSSR count). The number of aryl methyl sites for hydroxylation is 2. The number of hydrogen-bond donors (Lipinski definition) is 1. The van der Waals surface area contributed by atoms with Gasteiger partial charge >= 0.3 is 5.97 Å². The van der Waals surface area contributed by atoms with E-state index in [0.29, 0.717) is 22.4 Å². The number of aromatic carboxylic acids is 1. The number of carboxylic acids is 1. The third-order valence-corrected chi connectivity index (χ3v) is 4.21. The summed E-state index contributed by atoms with van der Waals surface area (Å²) in [7, 11) is 0. The molecule has 3 heterocycles. The summed E-state index contributed by atoms with van der Waals surface area (Å²) in [6.07, 6.45) is 3.21. The fraction of sp³-hybridized carbons (Fsp3) is 0.105. The van der Waals surface area contributed by atoms with Crippen LogP contribution in [0.1, 0.15) is 21.5 Å². The van der Waals surface area contributed by atoms with E-state index in [1.54, 1.807) is 12.3 Å². The first kappa shape index (κ1) is 14.4. The minimum absolute atomic E-state index is 0.172. The van der Waals surface area contributed by atoms with Crippen LogP contribution in [0.5, 0.6) is 0 Å². The average molecular weight is 318 g/mol. The lowest BCUT2D eigenvalue weighted by Gasteiger charge is -2.07. The first-order valence-corrected chi connectivity index (χ1v) is 7.53. The number of hydrogen-bond acceptors (Lipinski definition) is 4. The number of fused-ring (bicyclic) bond motifs is 2. The summed E-state index contributed by atoms with van der Waals surface area (Å²) < 4.78 is 5.94. The van der Waals surface area contributed by atoms with E-state index < -0.39 is 5.97 Å². The first-order valence-electron chi connectivity index (χ1n) is 7.53. The highest BCUT2D eigenvalue weighted by molar-refractivity contribution is 6.04. The Kier molecular flexibility index (Phi) is 3.09. The number of carboxylic acid groups (broad SMARTS) is 1. The Hall–Kier alpha value is -3.21. The number of aromatic nitrogens is 2. The van der Waals surface area contributed by atoms with Crippen LogP contribution in [0.3, 0.4) is 0 Å². The Morgan fingerprint density at radius 3 is 2.67 bits per heavy atom. The van der Waals surface area contributed by atoms with Crippen LogP contribution in [-0.2, 0) is 0 Å². The molecule has 0 amide bonds. The fourth-order valence-corrected chi connectivity index (χ4v) is 2.98. The van der Waals surface area contributed by atoms with Crippen LogP contribution in [0.4, 0.5) is 0 Å². The molecule has 24 heavy (non-hydrogen) atoms. The zero-order valence-electron chi connectivity index (χ0n) is 13.2. The van der Waals surface area contributed by atoms with Crippen molar-refractivity contribution in [2.75, 3.05) is 0 Å². The minimum atomic E-state index is -1.01. The molecule has 0 aliphatic heterocycles. The van der Waals surface area contributed by atoms with Crippen LogP contribution in [0, 0.1) is 13.8 Å². The van der Waals surface area contributed by atoms with Crippen LogP contribution < -0.4 is 0 Å². The quantitative estimate of drug-likeness (QED) is 0.594. The number of rotatable bonds is 2. The average Bonchev–Trinajstić information content (AvgIpc) is 2.92. The van der Waals surface area contributed by atoms with Gasteiger partial charge < -0.3 is 9.52 Å². The van der Waals surface area contributed by atoms with Gasteiger partial charge in [0.1, 0.15) is 11.3 Å². The molecular weight excluding hydrogens is 304 g/mol. The Bertz CT molecular complexity index is 1110. The highest BCUT2D eigenvalue weighted by atomic mass is 16.4. The number of benzene rings is 1. The molecule has 0 aliphatic rings. The molecule has 0 saturated heterocycles. The van der Waals surface area contributed by atoms with Gasteiger partial charge in [0, 0.05) is 28.7 Å². The van der Waals surface area contributed by atoms with Gasteiger partial charge in [-0.3, -0.25) is 4.98 Å². The summed E-state index contributed by atoms with van der Waals surface area (Å²) in [5, 5.41) is 11.1. The van der Waals surface area contributed by atoms with Gasteiger partial charge in [-0.2, -0.15) is 0 Å². The fourth-order valence-electron chi connectivity index (χ4n) is 2.98. The van der Waals surface area contributed by atoms with Crippen molar-refractivity contribution in [3.05, 3.63) is 59.4 Å². The van der Waals surface area contributed by atoms with E-state index in [1.165, 1.54) is 6.20 Å². The Morgan fingerprint density at radius 1 is 1.12 bits per heavy atom. The van der Waals surface area contributed by atoms with E-state index in [2.05, 4.69) is 9.97 Å². The van der Waals surface area contributed by atoms with Crippen molar-refractivity contribution < 1.29 is 14.3 Å². The molecule has 0 unspecified atom stereocenters. The van der Waals surface area contributed by atoms with Gasteiger partial charge in [0.05, 0.1) is 11.1 Å². The van der Waals surface area contributed by atoms with Gasteiger partial charge in [0.15, 0.2) is 5.76 Å². The molecule has 118 valence electrons. The van der Waals surface area contributed by atoms with Crippen molar-refractivity contribution in [3.8, 4) is 11.5 Å². The monoisotopic (exact) mass is 318 g/mol. The largest absolute Gasteiger partial charge is 0.478 e. The molecule has 0 bridgehead atoms. The molecule has 0 atom stereocenters. The number of pyridine rings is 2. The second-order valence-corrected chi connectivity index (χ2v) is 5.77. The Morgan fingerprint density at radius 2 is 1.92 bits per heavy atom. The zero-order valence-corrected chi connectivity index (χ0v) is 13.2. The third-order valence-electron chi connectivity index (χ3n) is 4.21. The molecular formula is C19H14N2O3. The molecule has 4 aromatic rings. The predicted molar refractivity (Wildman–Crippen MR) is 91.2 cm³/mol. The van der Waals surface area contributed by atoms with Gasteiger partial charge in [-0.05, 0) is 31.5 Å². The number of nitrogens with zero attached hydrogens (tertiary/aromatic N) is 2. The molecule has 3 aromatic heterocycles. The van der Waals surface area contributed by atoms with Crippen molar-refractivity contribution in [3.63, 3.8) is 0 Å². The van der Waals surface area contributed by atoms with Crippen LogP contribution in [-0.4, -0.2) is 21.0 Å². The lowest BCUT2D eigenvalue weighted by atomic mass is 10.0. The molecule has 0 fully saturated rings. The molecule has 5 nitrogen and oxygen atoms in total. The van der Waals surface area contributed by atoms with Gasteiger partial charge in [0.2, 0.25) is 0 Å². The lowest BCUT2D eigenvalue weighted by molar-refractivity contribution is 0.0699. The van der Waals surface area contributed by atoms with Gasteiger partial charge in [-0.1, -0.05) is 18.2 Å². The van der Waals surface area contributed by atoms with Crippen LogP contribution >= 0.6 is 0 Å². The molecule has 1 aromatic carbocycles. The van der Waals surface area contributed by atoms with Crippen molar-refractivity contribution in [2.45, 2.75) is 13.8 Å². The van der Waals surface area contributed by atoms with E-state index in [1.807, 2.05) is 38.1 Å². The summed E-state index contributed by atoms with van der Waals surface area (Å²) in [6.45, 7) is 3.82. The number of para-hydroxylation sites is 1. The highest BCUT2D eigenvalue weighted by Gasteiger charge is 2.19. The first-order chi connectivity index (χ1) is 11.6. The minimum Gasteiger partial charge on any atom is -0.478 e. The summed E-state index contributed by atoms with van der Waals surface area (Å²) in [4.78, 5) is 20.4. The summed E-state index contributed by atoms with van der Waals surface area (Å²) in [5.41, 5.74) is 3.84. The van der Waals surface area contributed by atoms with Crippen LogP contribution in [0.2, 0.25) is 0 Å². The molecule has 0 aliphatic carbocycles. The van der Waals surface area contributed by atoms with Crippen LogP contribution in [0.15, 0.2) is 47.1 Å². The maximum Gasteiger partial charge on any atom is 0.336 e. The third kappa shape index (κ3) is 2.06. The van der Waals surface area contributed by atoms with Crippen LogP contribution in [0.25, 0.3) is 33.3 Å². The second-order valence-electron chi connectivity index (χ2n) is 5.77. The Balaban J connectivity index is 2.07. The zero-order chi connectivity index (χ0) is 16.8. The van der Waals surface area contributed by atoms with E-state index in [0.717, 1.165) is 22.1 Å². The van der Waals surface area contributed by atoms with Gasteiger partial charge in [-0.25, -0.2) is 9.78 Å². The molecule has 0 radical (unpaired) electrons. The summed E-state index contributed by atoms with van der Waals surface area (Å²) in [5.74, 6) is -0.415. The molecule has 5 heteroatoms. The summed E-state index contributed by atoms with van der Waals surface area (Å²) in [6, 6.07) is 9.27. The lowest BCUT2D eigenvalue weighted by Crippen LogP contribution is -2.01. The van der Waals surface area contributed by atoms with E-state index in [9.17, 15) is 9.90 Å².